The first-order valence-electron chi connectivity index (χ1n) is 11.2. The van der Waals surface area contributed by atoms with E-state index in [2.05, 4.69) is 46.2 Å². The zero-order valence-corrected chi connectivity index (χ0v) is 18.9. The second kappa shape index (κ2) is 10.9. The first kappa shape index (κ1) is 23.4. The van der Waals surface area contributed by atoms with E-state index >= 15 is 0 Å². The van der Waals surface area contributed by atoms with Crippen LogP contribution in [0.1, 0.15) is 43.1 Å². The Hall–Kier alpha value is -3.26. The molecule has 170 valence electrons. The Morgan fingerprint density at radius 1 is 1.16 bits per heavy atom. The number of aryl methyl sites for hydroxylation is 1. The molecule has 8 nitrogen and oxygen atoms in total. The molecule has 0 spiro atoms. The number of carbonyl (C=O) groups is 1. The van der Waals surface area contributed by atoms with Gasteiger partial charge in [0.1, 0.15) is 5.65 Å². The summed E-state index contributed by atoms with van der Waals surface area (Å²) >= 11 is 0. The minimum atomic E-state index is -0.537. The molecule has 2 heterocycles. The van der Waals surface area contributed by atoms with Crippen LogP contribution in [0.5, 0.6) is 0 Å². The number of hydrogen-bond acceptors (Lipinski definition) is 5. The number of amides is 1. The van der Waals surface area contributed by atoms with E-state index in [0.29, 0.717) is 24.3 Å². The summed E-state index contributed by atoms with van der Waals surface area (Å²) in [5.41, 5.74) is 0.776. The number of nitrogens with one attached hydrogen (secondary N) is 2. The van der Waals surface area contributed by atoms with Gasteiger partial charge in [0, 0.05) is 25.3 Å². The number of pyridine rings is 1. The molecule has 2 aromatic heterocycles. The monoisotopic (exact) mass is 437 g/mol. The molecule has 0 aliphatic carbocycles. The van der Waals surface area contributed by atoms with Gasteiger partial charge in [-0.05, 0) is 37.6 Å². The normalized spacial score (nSPS) is 12.2. The average molecular weight is 438 g/mol. The molecule has 1 atom stereocenters. The molecule has 1 unspecified atom stereocenters. The van der Waals surface area contributed by atoms with E-state index in [1.807, 2.05) is 25.1 Å². The molecule has 8 heteroatoms. The van der Waals surface area contributed by atoms with Gasteiger partial charge >= 0.3 is 5.69 Å². The summed E-state index contributed by atoms with van der Waals surface area (Å²) in [5, 5.41) is 3.23. The highest BCUT2D eigenvalue weighted by molar-refractivity contribution is 5.96. The molecule has 0 aliphatic rings. The third-order valence-electron chi connectivity index (χ3n) is 5.68. The highest BCUT2D eigenvalue weighted by Gasteiger charge is 2.19. The molecule has 3 aromatic rings. The molecule has 1 amide bonds. The van der Waals surface area contributed by atoms with Crippen molar-refractivity contribution in [2.75, 3.05) is 19.6 Å². The summed E-state index contributed by atoms with van der Waals surface area (Å²) in [5.74, 6) is -0.294. The van der Waals surface area contributed by atoms with E-state index in [4.69, 9.17) is 0 Å². The van der Waals surface area contributed by atoms with Crippen molar-refractivity contribution in [3.8, 4) is 0 Å². The molecule has 0 saturated carbocycles. The number of fused-ring (bicyclic) bond motifs is 1. The average Bonchev–Trinajstić information content (AvgIpc) is 2.81. The third-order valence-corrected chi connectivity index (χ3v) is 5.68. The number of benzene rings is 1. The lowest BCUT2D eigenvalue weighted by Crippen LogP contribution is -2.45. The smallest absolute Gasteiger partial charge is 0.329 e. The van der Waals surface area contributed by atoms with E-state index in [1.165, 1.54) is 22.4 Å². The lowest BCUT2D eigenvalue weighted by Gasteiger charge is -2.30. The van der Waals surface area contributed by atoms with Crippen LogP contribution >= 0.6 is 0 Å². The number of H-pyrrole nitrogens is 1. The van der Waals surface area contributed by atoms with E-state index in [-0.39, 0.29) is 17.3 Å². The largest absolute Gasteiger partial charge is 0.350 e. The number of carbonyl (C=O) groups excluding carboxylic acids is 1. The van der Waals surface area contributed by atoms with Crippen LogP contribution in [0.4, 0.5) is 0 Å². The van der Waals surface area contributed by atoms with Crippen molar-refractivity contribution in [2.45, 2.75) is 46.2 Å². The zero-order chi connectivity index (χ0) is 23.1. The van der Waals surface area contributed by atoms with Crippen LogP contribution in [-0.2, 0) is 13.0 Å². The number of aromatic nitrogens is 3. The SMILES string of the molecule is CCCn1c(=O)[nH]c(=O)c2cc(C(=O)NCC(Cc3ccccc3)N(CC)CC)cnc21. The molecule has 1 aromatic carbocycles. The predicted molar refractivity (Wildman–Crippen MR) is 126 cm³/mol. The fourth-order valence-corrected chi connectivity index (χ4v) is 3.99. The summed E-state index contributed by atoms with van der Waals surface area (Å²) in [4.78, 5) is 46.2. The summed E-state index contributed by atoms with van der Waals surface area (Å²) in [6.45, 7) is 8.83. The molecule has 32 heavy (non-hydrogen) atoms. The van der Waals surface area contributed by atoms with Crippen LogP contribution in [0.15, 0.2) is 52.2 Å². The maximum Gasteiger partial charge on any atom is 0.329 e. The molecule has 0 fully saturated rings. The number of likely N-dealkylation sites (N-methyl/N-ethyl adjacent to an activating group) is 1. The summed E-state index contributed by atoms with van der Waals surface area (Å²) < 4.78 is 1.43. The standard InChI is InChI=1S/C24H31N5O3/c1-4-12-29-21-20(23(31)27-24(29)32)14-18(15-25-21)22(30)26-16-19(28(5-2)6-3)13-17-10-8-7-9-11-17/h7-11,14-15,19H,4-6,12-13,16H2,1-3H3,(H,26,30)(H,27,31,32). The highest BCUT2D eigenvalue weighted by atomic mass is 16.2. The van der Waals surface area contributed by atoms with Crippen molar-refractivity contribution in [1.82, 2.24) is 24.8 Å². The van der Waals surface area contributed by atoms with Crippen molar-refractivity contribution in [2.24, 2.45) is 0 Å². The van der Waals surface area contributed by atoms with Crippen LogP contribution < -0.4 is 16.6 Å². The van der Waals surface area contributed by atoms with Crippen LogP contribution in [-0.4, -0.2) is 51.0 Å². The van der Waals surface area contributed by atoms with Crippen molar-refractivity contribution < 1.29 is 4.79 Å². The Kier molecular flexibility index (Phi) is 7.94. The molecule has 0 radical (unpaired) electrons. The van der Waals surface area contributed by atoms with E-state index in [0.717, 1.165) is 25.9 Å². The van der Waals surface area contributed by atoms with Gasteiger partial charge in [-0.3, -0.25) is 24.0 Å². The lowest BCUT2D eigenvalue weighted by atomic mass is 10.0. The second-order valence-corrected chi connectivity index (χ2v) is 7.78. The Morgan fingerprint density at radius 3 is 2.53 bits per heavy atom. The third kappa shape index (κ3) is 5.31. The molecular weight excluding hydrogens is 406 g/mol. The van der Waals surface area contributed by atoms with Crippen LogP contribution in [0, 0.1) is 0 Å². The molecule has 2 N–H and O–H groups in total. The first-order valence-corrected chi connectivity index (χ1v) is 11.2. The molecule has 0 bridgehead atoms. The van der Waals surface area contributed by atoms with Gasteiger partial charge in [0.15, 0.2) is 0 Å². The molecule has 3 rings (SSSR count). The van der Waals surface area contributed by atoms with Crippen molar-refractivity contribution in [1.29, 1.82) is 0 Å². The number of rotatable bonds is 10. The fourth-order valence-electron chi connectivity index (χ4n) is 3.99. The molecule has 0 aliphatic heterocycles. The van der Waals surface area contributed by atoms with Gasteiger partial charge in [0.25, 0.3) is 11.5 Å². The molecule has 0 saturated heterocycles. The maximum absolute atomic E-state index is 12.9. The van der Waals surface area contributed by atoms with Gasteiger partial charge in [-0.25, -0.2) is 9.78 Å². The Bertz CT molecular complexity index is 1170. The predicted octanol–water partition coefficient (Wildman–Crippen LogP) is 2.18. The quantitative estimate of drug-likeness (QED) is 0.506. The fraction of sp³-hybridized carbons (Fsp3) is 0.417. The van der Waals surface area contributed by atoms with Crippen LogP contribution in [0.3, 0.4) is 0 Å². The summed E-state index contributed by atoms with van der Waals surface area (Å²) in [6, 6.07) is 11.9. The van der Waals surface area contributed by atoms with Gasteiger partial charge in [0.05, 0.1) is 10.9 Å². The van der Waals surface area contributed by atoms with Gasteiger partial charge in [-0.1, -0.05) is 51.1 Å². The number of hydrogen-bond donors (Lipinski definition) is 2. The topological polar surface area (TPSA) is 100 Å². The summed E-state index contributed by atoms with van der Waals surface area (Å²) in [6.07, 6.45) is 2.97. The van der Waals surface area contributed by atoms with Gasteiger partial charge < -0.3 is 5.32 Å². The van der Waals surface area contributed by atoms with Crippen molar-refractivity contribution >= 4 is 16.9 Å². The van der Waals surface area contributed by atoms with Crippen molar-refractivity contribution in [3.05, 3.63) is 74.6 Å². The first-order chi connectivity index (χ1) is 15.5. The Morgan fingerprint density at radius 2 is 1.88 bits per heavy atom. The Labute approximate surface area is 187 Å². The van der Waals surface area contributed by atoms with Gasteiger partial charge in [-0.15, -0.1) is 0 Å². The van der Waals surface area contributed by atoms with E-state index in [1.54, 1.807) is 0 Å². The second-order valence-electron chi connectivity index (χ2n) is 7.78. The lowest BCUT2D eigenvalue weighted by molar-refractivity contribution is 0.0934. The number of nitrogens with zero attached hydrogens (tertiary/aromatic N) is 3. The van der Waals surface area contributed by atoms with Crippen LogP contribution in [0.2, 0.25) is 0 Å². The minimum Gasteiger partial charge on any atom is -0.350 e. The zero-order valence-electron chi connectivity index (χ0n) is 18.9. The van der Waals surface area contributed by atoms with Gasteiger partial charge in [-0.2, -0.15) is 0 Å². The highest BCUT2D eigenvalue weighted by Crippen LogP contribution is 2.11. The molecular formula is C24H31N5O3. The Balaban J connectivity index is 1.81. The van der Waals surface area contributed by atoms with Gasteiger partial charge in [0.2, 0.25) is 0 Å². The maximum atomic E-state index is 12.9. The van der Waals surface area contributed by atoms with E-state index < -0.39 is 11.2 Å². The number of aromatic amines is 1. The van der Waals surface area contributed by atoms with E-state index in [9.17, 15) is 14.4 Å². The van der Waals surface area contributed by atoms with Crippen molar-refractivity contribution in [3.63, 3.8) is 0 Å². The minimum absolute atomic E-state index is 0.142. The van der Waals surface area contributed by atoms with Crippen LogP contribution in [0.25, 0.3) is 11.0 Å². The summed E-state index contributed by atoms with van der Waals surface area (Å²) in [7, 11) is 0.